The summed E-state index contributed by atoms with van der Waals surface area (Å²) >= 11 is 0. The van der Waals surface area contributed by atoms with E-state index in [1.54, 1.807) is 0 Å². The minimum atomic E-state index is -3.29. The lowest BCUT2D eigenvalue weighted by atomic mass is 10.3. The molecule has 3 unspecified atom stereocenters. The summed E-state index contributed by atoms with van der Waals surface area (Å²) in [7, 11) is -3.29. The molecule has 5 heteroatoms. The summed E-state index contributed by atoms with van der Waals surface area (Å²) in [5.74, 6) is 0.501. The van der Waals surface area contributed by atoms with Gasteiger partial charge in [0.15, 0.2) is 0 Å². The second-order valence-electron chi connectivity index (χ2n) is 3.67. The molecule has 0 amide bonds. The van der Waals surface area contributed by atoms with E-state index in [1.807, 2.05) is 0 Å². The van der Waals surface area contributed by atoms with Crippen LogP contribution in [0, 0.1) is 5.92 Å². The maximum atomic E-state index is 11.4. The first kappa shape index (κ1) is 10.9. The highest BCUT2D eigenvalue weighted by Gasteiger charge is 2.39. The van der Waals surface area contributed by atoms with Crippen LogP contribution in [0.2, 0.25) is 0 Å². The van der Waals surface area contributed by atoms with Crippen molar-refractivity contribution in [3.05, 3.63) is 0 Å². The van der Waals surface area contributed by atoms with Crippen molar-refractivity contribution in [1.82, 2.24) is 4.72 Å². The molecule has 0 aromatic rings. The first-order chi connectivity index (χ1) is 6.01. The van der Waals surface area contributed by atoms with E-state index in [0.717, 1.165) is 12.8 Å². The molecule has 0 spiro atoms. The number of hydrogen-bond acceptors (Lipinski definition) is 3. The number of hydrogen-bond donors (Lipinski definition) is 2. The van der Waals surface area contributed by atoms with E-state index in [0.29, 0.717) is 5.92 Å². The zero-order valence-electron chi connectivity index (χ0n) is 8.03. The first-order valence-corrected chi connectivity index (χ1v) is 6.18. The summed E-state index contributed by atoms with van der Waals surface area (Å²) in [5, 5.41) is 8.00. The van der Waals surface area contributed by atoms with E-state index >= 15 is 0 Å². The lowest BCUT2D eigenvalue weighted by molar-refractivity contribution is 0.294. The molecule has 1 aliphatic carbocycles. The quantitative estimate of drug-likeness (QED) is 0.671. The molecule has 78 valence electrons. The Hall–Kier alpha value is -0.130. The summed E-state index contributed by atoms with van der Waals surface area (Å²) in [6.45, 7) is 3.24. The normalized spacial score (nSPS) is 30.1. The van der Waals surface area contributed by atoms with E-state index in [9.17, 15) is 8.42 Å². The van der Waals surface area contributed by atoms with Crippen LogP contribution in [-0.4, -0.2) is 31.4 Å². The highest BCUT2D eigenvalue weighted by molar-refractivity contribution is 7.90. The van der Waals surface area contributed by atoms with E-state index in [2.05, 4.69) is 11.6 Å². The van der Waals surface area contributed by atoms with Crippen molar-refractivity contribution >= 4 is 10.0 Å². The fourth-order valence-electron chi connectivity index (χ4n) is 1.27. The Morgan fingerprint density at radius 1 is 1.62 bits per heavy atom. The zero-order valence-corrected chi connectivity index (χ0v) is 8.84. The maximum Gasteiger partial charge on any atom is 0.216 e. The highest BCUT2D eigenvalue weighted by Crippen LogP contribution is 2.33. The van der Waals surface area contributed by atoms with E-state index in [-0.39, 0.29) is 12.6 Å². The molecule has 1 fully saturated rings. The monoisotopic (exact) mass is 207 g/mol. The van der Waals surface area contributed by atoms with Gasteiger partial charge in [0.25, 0.3) is 0 Å². The maximum absolute atomic E-state index is 11.4. The van der Waals surface area contributed by atoms with Crippen molar-refractivity contribution in [2.75, 3.05) is 6.61 Å². The van der Waals surface area contributed by atoms with Gasteiger partial charge < -0.3 is 5.11 Å². The van der Waals surface area contributed by atoms with Crippen LogP contribution in [0.4, 0.5) is 0 Å². The van der Waals surface area contributed by atoms with Gasteiger partial charge in [-0.15, -0.1) is 0 Å². The molecule has 0 aromatic heterocycles. The summed E-state index contributed by atoms with van der Waals surface area (Å²) in [4.78, 5) is 0. The second-order valence-corrected chi connectivity index (χ2v) is 5.80. The van der Waals surface area contributed by atoms with Gasteiger partial charge in [-0.2, -0.15) is 0 Å². The average molecular weight is 207 g/mol. The molecular weight excluding hydrogens is 190 g/mol. The molecule has 1 rings (SSSR count). The third-order valence-corrected chi connectivity index (χ3v) is 4.39. The standard InChI is InChI=1S/C8H17NO3S/c1-3-7-4-8(7)9-13(11,12)6(2)5-10/h6-10H,3-5H2,1-2H3. The molecule has 13 heavy (non-hydrogen) atoms. The largest absolute Gasteiger partial charge is 0.395 e. The minimum Gasteiger partial charge on any atom is -0.395 e. The number of rotatable bonds is 5. The molecule has 0 aromatic carbocycles. The predicted molar refractivity (Wildman–Crippen MR) is 50.8 cm³/mol. The summed E-state index contributed by atoms with van der Waals surface area (Å²) in [6, 6.07) is 0.115. The molecule has 1 saturated carbocycles. The first-order valence-electron chi connectivity index (χ1n) is 4.63. The van der Waals surface area contributed by atoms with Gasteiger partial charge in [-0.1, -0.05) is 13.3 Å². The molecular formula is C8H17NO3S. The van der Waals surface area contributed by atoms with E-state index < -0.39 is 15.3 Å². The van der Waals surface area contributed by atoms with Gasteiger partial charge in [0.2, 0.25) is 10.0 Å². The van der Waals surface area contributed by atoms with Crippen molar-refractivity contribution in [3.8, 4) is 0 Å². The molecule has 0 bridgehead atoms. The van der Waals surface area contributed by atoms with Crippen LogP contribution in [0.1, 0.15) is 26.7 Å². The number of sulfonamides is 1. The lowest BCUT2D eigenvalue weighted by Gasteiger charge is -2.10. The van der Waals surface area contributed by atoms with E-state index in [1.165, 1.54) is 6.92 Å². The molecule has 0 saturated heterocycles. The summed E-state index contributed by atoms with van der Waals surface area (Å²) in [5.41, 5.74) is 0. The van der Waals surface area contributed by atoms with Crippen LogP contribution in [-0.2, 0) is 10.0 Å². The molecule has 0 heterocycles. The van der Waals surface area contributed by atoms with Crippen molar-refractivity contribution in [3.63, 3.8) is 0 Å². The SMILES string of the molecule is CCC1CC1NS(=O)(=O)C(C)CO. The van der Waals surface area contributed by atoms with Crippen LogP contribution in [0.3, 0.4) is 0 Å². The Balaban J connectivity index is 2.45. The van der Waals surface area contributed by atoms with Crippen LogP contribution in [0.5, 0.6) is 0 Å². The molecule has 2 N–H and O–H groups in total. The fraction of sp³-hybridized carbons (Fsp3) is 1.00. The van der Waals surface area contributed by atoms with Gasteiger partial charge >= 0.3 is 0 Å². The van der Waals surface area contributed by atoms with Gasteiger partial charge in [-0.25, -0.2) is 13.1 Å². The van der Waals surface area contributed by atoms with Crippen molar-refractivity contribution < 1.29 is 13.5 Å². The average Bonchev–Trinajstić information content (AvgIpc) is 2.81. The minimum absolute atomic E-state index is 0.115. The smallest absolute Gasteiger partial charge is 0.216 e. The Kier molecular flexibility index (Phi) is 3.32. The van der Waals surface area contributed by atoms with Gasteiger partial charge in [-0.05, 0) is 19.3 Å². The Bertz CT molecular complexity index is 263. The summed E-state index contributed by atoms with van der Waals surface area (Å²) < 4.78 is 25.4. The second kappa shape index (κ2) is 3.94. The van der Waals surface area contributed by atoms with Gasteiger partial charge in [0.1, 0.15) is 0 Å². The van der Waals surface area contributed by atoms with Gasteiger partial charge in [0, 0.05) is 6.04 Å². The third kappa shape index (κ3) is 2.65. The van der Waals surface area contributed by atoms with Gasteiger partial charge in [0.05, 0.1) is 11.9 Å². The molecule has 0 aliphatic heterocycles. The Morgan fingerprint density at radius 3 is 2.62 bits per heavy atom. The highest BCUT2D eigenvalue weighted by atomic mass is 32.2. The summed E-state index contributed by atoms with van der Waals surface area (Å²) in [6.07, 6.45) is 1.95. The molecule has 4 nitrogen and oxygen atoms in total. The number of nitrogens with one attached hydrogen (secondary N) is 1. The topological polar surface area (TPSA) is 66.4 Å². The Morgan fingerprint density at radius 2 is 2.23 bits per heavy atom. The predicted octanol–water partition coefficient (Wildman–Crippen LogP) is 0.0851. The van der Waals surface area contributed by atoms with Crippen molar-refractivity contribution in [1.29, 1.82) is 0 Å². The third-order valence-electron chi connectivity index (χ3n) is 2.55. The van der Waals surface area contributed by atoms with Crippen LogP contribution in [0.15, 0.2) is 0 Å². The zero-order chi connectivity index (χ0) is 10.1. The van der Waals surface area contributed by atoms with Crippen LogP contribution in [0.25, 0.3) is 0 Å². The van der Waals surface area contributed by atoms with Crippen LogP contribution >= 0.6 is 0 Å². The molecule has 1 aliphatic rings. The van der Waals surface area contributed by atoms with E-state index in [4.69, 9.17) is 5.11 Å². The van der Waals surface area contributed by atoms with Gasteiger partial charge in [-0.3, -0.25) is 0 Å². The lowest BCUT2D eigenvalue weighted by Crippen LogP contribution is -2.36. The fourth-order valence-corrected chi connectivity index (χ4v) is 2.41. The van der Waals surface area contributed by atoms with Crippen molar-refractivity contribution in [2.24, 2.45) is 5.92 Å². The van der Waals surface area contributed by atoms with Crippen molar-refractivity contribution in [2.45, 2.75) is 38.0 Å². The molecule has 3 atom stereocenters. The number of aliphatic hydroxyl groups excluding tert-OH is 1. The molecule has 0 radical (unpaired) electrons. The number of aliphatic hydroxyl groups is 1. The van der Waals surface area contributed by atoms with Crippen LogP contribution < -0.4 is 4.72 Å². The Labute approximate surface area is 79.4 Å².